The Balaban J connectivity index is 1.89. The summed E-state index contributed by atoms with van der Waals surface area (Å²) in [6.45, 7) is 8.79. The first-order valence-corrected chi connectivity index (χ1v) is 12.2. The van der Waals surface area contributed by atoms with Gasteiger partial charge in [-0.2, -0.15) is 0 Å². The number of nitrogens with one attached hydrogen (secondary N) is 1. The Kier molecular flexibility index (Phi) is 12.7. The molecule has 0 heterocycles. The van der Waals surface area contributed by atoms with Crippen LogP contribution in [-0.4, -0.2) is 67.6 Å². The van der Waals surface area contributed by atoms with E-state index >= 15 is 0 Å². The lowest BCUT2D eigenvalue weighted by Crippen LogP contribution is -2.39. The Labute approximate surface area is 208 Å². The zero-order valence-corrected chi connectivity index (χ0v) is 21.0. The topological polar surface area (TPSA) is 97.3 Å². The Morgan fingerprint density at radius 2 is 1.69 bits per heavy atom. The second-order valence-corrected chi connectivity index (χ2v) is 8.23. The smallest absolute Gasteiger partial charge is 0.333 e. The largest absolute Gasteiger partial charge is 0.492 e. The van der Waals surface area contributed by atoms with Gasteiger partial charge < -0.3 is 29.5 Å². The fraction of sp³-hybridized carbons (Fsp3) is 0.481. The molecule has 0 aliphatic heterocycles. The lowest BCUT2D eigenvalue weighted by Gasteiger charge is -2.23. The quantitative estimate of drug-likeness (QED) is 0.332. The van der Waals surface area contributed by atoms with Gasteiger partial charge in [-0.15, -0.1) is 0 Å². The Bertz CT molecular complexity index is 886. The number of anilines is 1. The molecule has 0 aromatic heterocycles. The van der Waals surface area contributed by atoms with Crippen molar-refractivity contribution in [1.29, 1.82) is 0 Å². The zero-order chi connectivity index (χ0) is 25.5. The zero-order valence-electron chi connectivity index (χ0n) is 21.0. The summed E-state index contributed by atoms with van der Waals surface area (Å²) >= 11 is 0. The van der Waals surface area contributed by atoms with Crippen LogP contribution in [0.1, 0.15) is 37.8 Å². The first-order chi connectivity index (χ1) is 16.9. The highest BCUT2D eigenvalue weighted by atomic mass is 16.5. The van der Waals surface area contributed by atoms with Gasteiger partial charge in [0.2, 0.25) is 0 Å². The SMILES string of the molecule is CCCOCCCN(CCOc1ccc(CC(OCC)C(=O)O)cc1)C(=O)Nc1ccc(C)cc1. The van der Waals surface area contributed by atoms with Crippen LogP contribution in [0.25, 0.3) is 0 Å². The number of urea groups is 1. The summed E-state index contributed by atoms with van der Waals surface area (Å²) in [4.78, 5) is 25.9. The molecule has 2 rings (SSSR count). The molecular formula is C27H38N2O6. The van der Waals surface area contributed by atoms with Crippen molar-refractivity contribution in [3.63, 3.8) is 0 Å². The Hall–Kier alpha value is -3.10. The molecule has 2 aromatic rings. The summed E-state index contributed by atoms with van der Waals surface area (Å²) in [6, 6.07) is 14.8. The maximum absolute atomic E-state index is 12.9. The van der Waals surface area contributed by atoms with Crippen LogP contribution in [0.5, 0.6) is 5.75 Å². The fourth-order valence-electron chi connectivity index (χ4n) is 3.39. The molecular weight excluding hydrogens is 448 g/mol. The number of carboxylic acid groups (broad SMARTS) is 1. The first kappa shape index (κ1) is 28.1. The molecule has 1 atom stereocenters. The maximum atomic E-state index is 12.9. The lowest BCUT2D eigenvalue weighted by atomic mass is 10.1. The van der Waals surface area contributed by atoms with Crippen LogP contribution in [0.3, 0.4) is 0 Å². The van der Waals surface area contributed by atoms with E-state index in [9.17, 15) is 14.7 Å². The fourth-order valence-corrected chi connectivity index (χ4v) is 3.39. The van der Waals surface area contributed by atoms with Crippen molar-refractivity contribution in [3.05, 3.63) is 59.7 Å². The number of carbonyl (C=O) groups excluding carboxylic acids is 1. The minimum Gasteiger partial charge on any atom is -0.492 e. The maximum Gasteiger partial charge on any atom is 0.333 e. The van der Waals surface area contributed by atoms with E-state index in [-0.39, 0.29) is 12.5 Å². The van der Waals surface area contributed by atoms with Gasteiger partial charge in [0.1, 0.15) is 12.4 Å². The molecule has 0 bridgehead atoms. The summed E-state index contributed by atoms with van der Waals surface area (Å²) in [6.07, 6.45) is 1.12. The number of hydrogen-bond donors (Lipinski definition) is 2. The number of nitrogens with zero attached hydrogens (tertiary/aromatic N) is 1. The van der Waals surface area contributed by atoms with Crippen LogP contribution >= 0.6 is 0 Å². The Morgan fingerprint density at radius 1 is 0.971 bits per heavy atom. The van der Waals surface area contributed by atoms with Crippen LogP contribution in [0, 0.1) is 6.92 Å². The highest BCUT2D eigenvalue weighted by molar-refractivity contribution is 5.89. The monoisotopic (exact) mass is 486 g/mol. The molecule has 0 saturated heterocycles. The number of carbonyl (C=O) groups is 2. The van der Waals surface area contributed by atoms with E-state index in [0.717, 1.165) is 29.7 Å². The predicted molar refractivity (Wildman–Crippen MR) is 136 cm³/mol. The molecule has 0 aliphatic rings. The molecule has 0 radical (unpaired) electrons. The minimum absolute atomic E-state index is 0.182. The molecule has 0 aliphatic carbocycles. The lowest BCUT2D eigenvalue weighted by molar-refractivity contribution is -0.149. The van der Waals surface area contributed by atoms with Gasteiger partial charge in [-0.25, -0.2) is 9.59 Å². The van der Waals surface area contributed by atoms with Crippen LogP contribution in [0.2, 0.25) is 0 Å². The summed E-state index contributed by atoms with van der Waals surface area (Å²) in [7, 11) is 0. The second-order valence-electron chi connectivity index (χ2n) is 8.23. The number of aliphatic carboxylic acids is 1. The average Bonchev–Trinajstić information content (AvgIpc) is 2.84. The summed E-state index contributed by atoms with van der Waals surface area (Å²) in [5, 5.41) is 12.2. The number of carboxylic acids is 1. The molecule has 0 spiro atoms. The molecule has 192 valence electrons. The van der Waals surface area contributed by atoms with E-state index in [1.54, 1.807) is 24.0 Å². The van der Waals surface area contributed by atoms with Crippen molar-refractivity contribution in [1.82, 2.24) is 4.90 Å². The molecule has 0 fully saturated rings. The van der Waals surface area contributed by atoms with E-state index < -0.39 is 12.1 Å². The highest BCUT2D eigenvalue weighted by Gasteiger charge is 2.18. The van der Waals surface area contributed by atoms with E-state index in [4.69, 9.17) is 14.2 Å². The van der Waals surface area contributed by atoms with Crippen LogP contribution in [0.4, 0.5) is 10.5 Å². The van der Waals surface area contributed by atoms with Crippen molar-refractivity contribution in [3.8, 4) is 5.75 Å². The van der Waals surface area contributed by atoms with Gasteiger partial charge in [0.25, 0.3) is 0 Å². The third kappa shape index (κ3) is 10.8. The minimum atomic E-state index is -0.976. The van der Waals surface area contributed by atoms with Gasteiger partial charge in [0.05, 0.1) is 6.54 Å². The van der Waals surface area contributed by atoms with E-state index in [0.29, 0.717) is 45.3 Å². The van der Waals surface area contributed by atoms with Gasteiger partial charge in [0, 0.05) is 38.5 Å². The number of hydrogen-bond acceptors (Lipinski definition) is 5. The van der Waals surface area contributed by atoms with Crippen LogP contribution < -0.4 is 10.1 Å². The molecule has 2 aromatic carbocycles. The molecule has 8 heteroatoms. The number of benzene rings is 2. The van der Waals surface area contributed by atoms with Crippen molar-refractivity contribution in [2.24, 2.45) is 0 Å². The molecule has 2 N–H and O–H groups in total. The molecule has 35 heavy (non-hydrogen) atoms. The summed E-state index contributed by atoms with van der Waals surface area (Å²) < 4.78 is 16.7. The highest BCUT2D eigenvalue weighted by Crippen LogP contribution is 2.15. The van der Waals surface area contributed by atoms with Gasteiger partial charge in [-0.05, 0) is 56.5 Å². The first-order valence-electron chi connectivity index (χ1n) is 12.2. The van der Waals surface area contributed by atoms with Crippen molar-refractivity contribution in [2.75, 3.05) is 44.8 Å². The third-order valence-electron chi connectivity index (χ3n) is 5.27. The van der Waals surface area contributed by atoms with E-state index in [1.165, 1.54) is 0 Å². The molecule has 1 unspecified atom stereocenters. The number of ether oxygens (including phenoxy) is 3. The average molecular weight is 487 g/mol. The summed E-state index contributed by atoms with van der Waals surface area (Å²) in [5.74, 6) is -0.321. The number of rotatable bonds is 16. The number of aryl methyl sites for hydroxylation is 1. The number of amides is 2. The molecule has 2 amide bonds. The molecule has 8 nitrogen and oxygen atoms in total. The van der Waals surface area contributed by atoms with Gasteiger partial charge in [-0.3, -0.25) is 0 Å². The summed E-state index contributed by atoms with van der Waals surface area (Å²) in [5.41, 5.74) is 2.73. The van der Waals surface area contributed by atoms with Gasteiger partial charge in [-0.1, -0.05) is 36.8 Å². The second kappa shape index (κ2) is 15.7. The standard InChI is InChI=1S/C27H38N2O6/c1-4-17-33-18-6-15-29(27(32)28-23-11-7-21(3)8-12-23)16-19-35-24-13-9-22(10-14-24)20-25(26(30)31)34-5-2/h7-14,25H,4-6,15-20H2,1-3H3,(H,28,32)(H,30,31). The van der Waals surface area contributed by atoms with Crippen molar-refractivity contribution in [2.45, 2.75) is 46.1 Å². The van der Waals surface area contributed by atoms with Gasteiger partial charge in [0.15, 0.2) is 6.10 Å². The van der Waals surface area contributed by atoms with Crippen LogP contribution in [0.15, 0.2) is 48.5 Å². The van der Waals surface area contributed by atoms with Gasteiger partial charge >= 0.3 is 12.0 Å². The van der Waals surface area contributed by atoms with Crippen molar-refractivity contribution < 1.29 is 28.9 Å². The van der Waals surface area contributed by atoms with Crippen LogP contribution in [-0.2, 0) is 20.7 Å². The molecule has 0 saturated carbocycles. The third-order valence-corrected chi connectivity index (χ3v) is 5.27. The van der Waals surface area contributed by atoms with Crippen molar-refractivity contribution >= 4 is 17.7 Å². The normalized spacial score (nSPS) is 11.6. The Morgan fingerprint density at radius 3 is 2.31 bits per heavy atom. The van der Waals surface area contributed by atoms with E-state index in [2.05, 4.69) is 12.2 Å². The van der Waals surface area contributed by atoms with E-state index in [1.807, 2.05) is 43.3 Å². The predicted octanol–water partition coefficient (Wildman–Crippen LogP) is 4.76.